The van der Waals surface area contributed by atoms with Gasteiger partial charge in [-0.25, -0.2) is 15.0 Å². The van der Waals surface area contributed by atoms with Gasteiger partial charge in [0.05, 0.1) is 19.0 Å². The Bertz CT molecular complexity index is 653. The van der Waals surface area contributed by atoms with Gasteiger partial charge < -0.3 is 25.6 Å². The highest BCUT2D eigenvalue weighted by Crippen LogP contribution is 2.31. The monoisotopic (exact) mass is 263 g/mol. The Morgan fingerprint density at radius 3 is 2.74 bits per heavy atom. The molecule has 8 heteroatoms. The van der Waals surface area contributed by atoms with E-state index in [1.807, 2.05) is 0 Å². The van der Waals surface area contributed by atoms with Gasteiger partial charge in [0.25, 0.3) is 0 Å². The fraction of sp³-hybridized carbons (Fsp3) is 0.364. The van der Waals surface area contributed by atoms with Crippen LogP contribution < -0.4 is 5.73 Å². The summed E-state index contributed by atoms with van der Waals surface area (Å²) in [5, 5.41) is 28.9. The maximum absolute atomic E-state index is 10.0. The Morgan fingerprint density at radius 1 is 1.26 bits per heavy atom. The van der Waals surface area contributed by atoms with E-state index < -0.39 is 18.2 Å². The van der Waals surface area contributed by atoms with Crippen LogP contribution in [0.25, 0.3) is 11.2 Å². The van der Waals surface area contributed by atoms with Crippen molar-refractivity contribution in [2.45, 2.75) is 18.2 Å². The Balaban J connectivity index is 2.11. The van der Waals surface area contributed by atoms with Gasteiger partial charge in [0.15, 0.2) is 11.5 Å². The molecule has 19 heavy (non-hydrogen) atoms. The van der Waals surface area contributed by atoms with Crippen LogP contribution in [0, 0.1) is 0 Å². The average Bonchev–Trinajstić information content (AvgIpc) is 2.94. The van der Waals surface area contributed by atoms with Crippen molar-refractivity contribution in [1.82, 2.24) is 19.5 Å². The Labute approximate surface area is 107 Å². The van der Waals surface area contributed by atoms with E-state index in [9.17, 15) is 10.2 Å². The number of nitrogen functional groups attached to an aromatic ring is 1. The predicted octanol–water partition coefficient (Wildman–Crippen LogP) is -1.40. The Morgan fingerprint density at radius 2 is 2.05 bits per heavy atom. The fourth-order valence-corrected chi connectivity index (χ4v) is 2.30. The van der Waals surface area contributed by atoms with Crippen LogP contribution >= 0.6 is 0 Å². The first-order chi connectivity index (χ1) is 9.13. The van der Waals surface area contributed by atoms with Crippen LogP contribution in [-0.2, 0) is 0 Å². The van der Waals surface area contributed by atoms with Gasteiger partial charge >= 0.3 is 0 Å². The third-order valence-electron chi connectivity index (χ3n) is 3.33. The summed E-state index contributed by atoms with van der Waals surface area (Å²) in [7, 11) is 0. The molecule has 3 rings (SSSR count). The number of aliphatic hydroxyl groups excluding tert-OH is 3. The standard InChI is InChI=1S/C11H13N5O3/c12-10-7-11(14-3-13-10)16(4-15-7)6-1-5(2-17)8(18)9(6)19/h1,3-4,6,8-9,17-19H,2H2,(H2,12,13,14)/t6-,8+,9-/m1/s1. The number of imidazole rings is 1. The average molecular weight is 263 g/mol. The van der Waals surface area contributed by atoms with Gasteiger partial charge in [-0.05, 0) is 5.57 Å². The minimum atomic E-state index is -1.09. The molecular formula is C11H13N5O3. The van der Waals surface area contributed by atoms with Crippen molar-refractivity contribution in [1.29, 1.82) is 0 Å². The van der Waals surface area contributed by atoms with Gasteiger partial charge in [-0.3, -0.25) is 0 Å². The number of hydrogen-bond donors (Lipinski definition) is 4. The number of aliphatic hydroxyl groups is 3. The zero-order valence-electron chi connectivity index (χ0n) is 9.88. The number of hydrogen-bond acceptors (Lipinski definition) is 7. The molecule has 0 bridgehead atoms. The Hall–Kier alpha value is -2.03. The zero-order valence-corrected chi connectivity index (χ0v) is 9.88. The van der Waals surface area contributed by atoms with Crippen molar-refractivity contribution in [2.24, 2.45) is 0 Å². The lowest BCUT2D eigenvalue weighted by molar-refractivity contribution is 0.0287. The summed E-state index contributed by atoms with van der Waals surface area (Å²) in [4.78, 5) is 12.0. The first-order valence-corrected chi connectivity index (χ1v) is 5.74. The second-order valence-electron chi connectivity index (χ2n) is 4.41. The van der Waals surface area contributed by atoms with E-state index in [0.717, 1.165) is 0 Å². The van der Waals surface area contributed by atoms with Gasteiger partial charge in [-0.15, -0.1) is 0 Å². The number of nitrogens with two attached hydrogens (primary N) is 1. The highest BCUT2D eigenvalue weighted by atomic mass is 16.3. The normalized spacial score (nSPS) is 26.9. The molecule has 0 fully saturated rings. The molecule has 1 aliphatic carbocycles. The molecule has 1 aliphatic rings. The summed E-state index contributed by atoms with van der Waals surface area (Å²) >= 11 is 0. The van der Waals surface area contributed by atoms with Crippen molar-refractivity contribution >= 4 is 17.0 Å². The zero-order chi connectivity index (χ0) is 13.6. The maximum Gasteiger partial charge on any atom is 0.166 e. The van der Waals surface area contributed by atoms with Gasteiger partial charge in [-0.1, -0.05) is 6.08 Å². The van der Waals surface area contributed by atoms with E-state index >= 15 is 0 Å². The van der Waals surface area contributed by atoms with Crippen LogP contribution in [0.2, 0.25) is 0 Å². The highest BCUT2D eigenvalue weighted by Gasteiger charge is 2.36. The molecule has 8 nitrogen and oxygen atoms in total. The summed E-state index contributed by atoms with van der Waals surface area (Å²) in [6.07, 6.45) is 2.24. The van der Waals surface area contributed by atoms with Crippen LogP contribution in [0.3, 0.4) is 0 Å². The topological polar surface area (TPSA) is 130 Å². The van der Waals surface area contributed by atoms with Crippen LogP contribution in [0.1, 0.15) is 6.04 Å². The third kappa shape index (κ3) is 1.69. The lowest BCUT2D eigenvalue weighted by atomic mass is 10.1. The van der Waals surface area contributed by atoms with E-state index in [-0.39, 0.29) is 12.4 Å². The smallest absolute Gasteiger partial charge is 0.166 e. The number of nitrogens with zero attached hydrogens (tertiary/aromatic N) is 4. The largest absolute Gasteiger partial charge is 0.392 e. The summed E-state index contributed by atoms with van der Waals surface area (Å²) < 4.78 is 1.60. The predicted molar refractivity (Wildman–Crippen MR) is 66.0 cm³/mol. The molecule has 0 saturated carbocycles. The summed E-state index contributed by atoms with van der Waals surface area (Å²) in [5.41, 5.74) is 6.98. The summed E-state index contributed by atoms with van der Waals surface area (Å²) in [6.45, 7) is -0.307. The summed E-state index contributed by atoms with van der Waals surface area (Å²) in [5.74, 6) is 0.253. The van der Waals surface area contributed by atoms with Crippen LogP contribution in [0.4, 0.5) is 5.82 Å². The van der Waals surface area contributed by atoms with E-state index in [2.05, 4.69) is 15.0 Å². The van der Waals surface area contributed by atoms with Gasteiger partial charge in [0.2, 0.25) is 0 Å². The maximum atomic E-state index is 10.0. The third-order valence-corrected chi connectivity index (χ3v) is 3.33. The van der Waals surface area contributed by atoms with Crippen LogP contribution in [0.15, 0.2) is 24.3 Å². The van der Waals surface area contributed by atoms with Crippen molar-refractivity contribution < 1.29 is 15.3 Å². The van der Waals surface area contributed by atoms with E-state index in [1.165, 1.54) is 12.7 Å². The van der Waals surface area contributed by atoms with Gasteiger partial charge in [0, 0.05) is 0 Å². The van der Waals surface area contributed by atoms with E-state index in [0.29, 0.717) is 16.7 Å². The second kappa shape index (κ2) is 4.26. The van der Waals surface area contributed by atoms with Crippen molar-refractivity contribution in [3.63, 3.8) is 0 Å². The molecule has 0 unspecified atom stereocenters. The van der Waals surface area contributed by atoms with Crippen molar-refractivity contribution in [3.05, 3.63) is 24.3 Å². The van der Waals surface area contributed by atoms with Crippen molar-refractivity contribution in [3.8, 4) is 0 Å². The molecule has 0 amide bonds. The first kappa shape index (κ1) is 12.0. The van der Waals surface area contributed by atoms with Crippen molar-refractivity contribution in [2.75, 3.05) is 12.3 Å². The number of aromatic nitrogens is 4. The SMILES string of the molecule is Nc1ncnc2c1ncn2[C@@H]1C=C(CO)[C@H](O)[C@@H]1O. The summed E-state index contributed by atoms with van der Waals surface area (Å²) in [6, 6.07) is -0.545. The van der Waals surface area contributed by atoms with Crippen LogP contribution in [0.5, 0.6) is 0 Å². The molecular weight excluding hydrogens is 250 g/mol. The number of anilines is 1. The van der Waals surface area contributed by atoms with Gasteiger partial charge in [0.1, 0.15) is 24.1 Å². The van der Waals surface area contributed by atoms with Crippen LogP contribution in [-0.4, -0.2) is 53.7 Å². The van der Waals surface area contributed by atoms with Gasteiger partial charge in [-0.2, -0.15) is 0 Å². The number of rotatable bonds is 2. The molecule has 5 N–H and O–H groups in total. The quantitative estimate of drug-likeness (QED) is 0.490. The lowest BCUT2D eigenvalue weighted by Gasteiger charge is -2.18. The number of fused-ring (bicyclic) bond motifs is 1. The lowest BCUT2D eigenvalue weighted by Crippen LogP contribution is -2.30. The first-order valence-electron chi connectivity index (χ1n) is 5.74. The fourth-order valence-electron chi connectivity index (χ4n) is 2.30. The molecule has 0 aliphatic heterocycles. The highest BCUT2D eigenvalue weighted by molar-refractivity contribution is 5.81. The Kier molecular flexibility index (Phi) is 2.70. The molecule has 100 valence electrons. The molecule has 0 saturated heterocycles. The molecule has 2 aromatic heterocycles. The van der Waals surface area contributed by atoms with E-state index in [4.69, 9.17) is 10.8 Å². The molecule has 2 heterocycles. The minimum absolute atomic E-state index is 0.253. The van der Waals surface area contributed by atoms with E-state index in [1.54, 1.807) is 10.6 Å². The molecule has 2 aromatic rings. The molecule has 0 aromatic carbocycles. The molecule has 0 radical (unpaired) electrons. The molecule has 0 spiro atoms. The minimum Gasteiger partial charge on any atom is -0.392 e. The molecule has 3 atom stereocenters. The second-order valence-corrected chi connectivity index (χ2v) is 4.41.